The zero-order chi connectivity index (χ0) is 35.4. The maximum atomic E-state index is 14.6. The molecule has 0 aromatic heterocycles. The van der Waals surface area contributed by atoms with Crippen LogP contribution in [0.2, 0.25) is 0 Å². The molecule has 2 rings (SSSR count). The van der Waals surface area contributed by atoms with Crippen LogP contribution in [0.15, 0.2) is 48.5 Å². The van der Waals surface area contributed by atoms with Crippen molar-refractivity contribution in [3.05, 3.63) is 70.8 Å². The Bertz CT molecular complexity index is 1340. The highest BCUT2D eigenvalue weighted by molar-refractivity contribution is 7.80. The second kappa shape index (κ2) is 18.1. The Labute approximate surface area is 286 Å². The van der Waals surface area contributed by atoms with Gasteiger partial charge in [-0.05, 0) is 78.5 Å². The Morgan fingerprint density at radius 3 is 2.04 bits per heavy atom. The van der Waals surface area contributed by atoms with Crippen molar-refractivity contribution in [1.29, 1.82) is 0 Å². The zero-order valence-corrected chi connectivity index (χ0v) is 30.5. The number of thiol groups is 1. The number of esters is 1. The summed E-state index contributed by atoms with van der Waals surface area (Å²) in [6.07, 6.45) is 2.89. The van der Waals surface area contributed by atoms with Crippen molar-refractivity contribution in [3.63, 3.8) is 0 Å². The molecular weight excluding hydrogens is 614 g/mol. The van der Waals surface area contributed by atoms with E-state index >= 15 is 0 Å². The van der Waals surface area contributed by atoms with Crippen molar-refractivity contribution in [2.75, 3.05) is 12.3 Å². The van der Waals surface area contributed by atoms with Gasteiger partial charge in [-0.2, -0.15) is 12.6 Å². The first-order valence-corrected chi connectivity index (χ1v) is 17.1. The van der Waals surface area contributed by atoms with Crippen LogP contribution in [0.25, 0.3) is 0 Å². The van der Waals surface area contributed by atoms with E-state index < -0.39 is 53.2 Å². The molecule has 3 unspecified atom stereocenters. The van der Waals surface area contributed by atoms with Crippen LogP contribution in [0.1, 0.15) is 102 Å². The van der Waals surface area contributed by atoms with Gasteiger partial charge in [0, 0.05) is 18.7 Å². The van der Waals surface area contributed by atoms with E-state index in [1.54, 1.807) is 41.5 Å². The van der Waals surface area contributed by atoms with E-state index in [4.69, 9.17) is 9.47 Å². The predicted octanol–water partition coefficient (Wildman–Crippen LogP) is 6.65. The van der Waals surface area contributed by atoms with E-state index in [1.807, 2.05) is 62.4 Å². The van der Waals surface area contributed by atoms with E-state index in [-0.39, 0.29) is 18.7 Å². The van der Waals surface area contributed by atoms with Gasteiger partial charge in [-0.25, -0.2) is 9.59 Å². The lowest BCUT2D eigenvalue weighted by Gasteiger charge is -2.36. The average Bonchev–Trinajstić information content (AvgIpc) is 2.97. The van der Waals surface area contributed by atoms with Crippen molar-refractivity contribution < 1.29 is 28.7 Å². The first-order valence-electron chi connectivity index (χ1n) is 16.5. The molecule has 0 bridgehead atoms. The van der Waals surface area contributed by atoms with Gasteiger partial charge in [0.2, 0.25) is 11.8 Å². The SMILES string of the molecule is CCCCCCN(C(=O)C(CS)NC(=O)OC(C)(C)C)C(C(=O)NC(Cc1ccccc1)C(=O)OC(C)(C)C)c1cc(C)ccc1C. The number of alkyl carbamates (subject to hydrolysis) is 1. The average molecular weight is 670 g/mol. The van der Waals surface area contributed by atoms with Crippen LogP contribution in [-0.4, -0.2) is 64.4 Å². The fourth-order valence-electron chi connectivity index (χ4n) is 5.08. The summed E-state index contributed by atoms with van der Waals surface area (Å²) in [4.78, 5) is 56.8. The number of carbonyl (C=O) groups is 4. The normalized spacial score (nSPS) is 13.6. The van der Waals surface area contributed by atoms with Crippen molar-refractivity contribution in [1.82, 2.24) is 15.5 Å². The zero-order valence-electron chi connectivity index (χ0n) is 29.6. The van der Waals surface area contributed by atoms with Gasteiger partial charge >= 0.3 is 12.1 Å². The number of nitrogens with one attached hydrogen (secondary N) is 2. The topological polar surface area (TPSA) is 114 Å². The Balaban J connectivity index is 2.63. The summed E-state index contributed by atoms with van der Waals surface area (Å²) in [5.74, 6) is -1.58. The molecule has 3 atom stereocenters. The molecule has 0 heterocycles. The molecule has 0 radical (unpaired) electrons. The molecule has 0 saturated carbocycles. The Kier molecular flexibility index (Phi) is 15.3. The number of carbonyl (C=O) groups excluding carboxylic acids is 4. The summed E-state index contributed by atoms with van der Waals surface area (Å²) in [5.41, 5.74) is 1.64. The van der Waals surface area contributed by atoms with Crippen LogP contribution in [0.3, 0.4) is 0 Å². The van der Waals surface area contributed by atoms with Gasteiger partial charge < -0.3 is 25.0 Å². The molecule has 47 heavy (non-hydrogen) atoms. The number of benzene rings is 2. The highest BCUT2D eigenvalue weighted by Gasteiger charge is 2.38. The minimum Gasteiger partial charge on any atom is -0.458 e. The van der Waals surface area contributed by atoms with Gasteiger partial charge in [0.1, 0.15) is 29.3 Å². The van der Waals surface area contributed by atoms with Crippen LogP contribution in [0.5, 0.6) is 0 Å². The summed E-state index contributed by atoms with van der Waals surface area (Å²) >= 11 is 4.40. The molecule has 3 amide bonds. The number of hydrogen-bond acceptors (Lipinski definition) is 7. The second-order valence-electron chi connectivity index (χ2n) is 14.0. The van der Waals surface area contributed by atoms with Crippen molar-refractivity contribution >= 4 is 36.5 Å². The molecule has 2 aromatic rings. The molecule has 0 aliphatic rings. The number of amides is 3. The molecule has 260 valence electrons. The quantitative estimate of drug-likeness (QED) is 0.111. The van der Waals surface area contributed by atoms with Crippen molar-refractivity contribution in [2.45, 2.75) is 124 Å². The van der Waals surface area contributed by atoms with Gasteiger partial charge in [-0.3, -0.25) is 9.59 Å². The summed E-state index contributed by atoms with van der Waals surface area (Å²) in [5, 5.41) is 5.62. The molecule has 0 spiro atoms. The van der Waals surface area contributed by atoms with Crippen LogP contribution >= 0.6 is 12.6 Å². The van der Waals surface area contributed by atoms with Crippen LogP contribution in [-0.2, 0) is 30.3 Å². The lowest BCUT2D eigenvalue weighted by Crippen LogP contribution is -2.55. The maximum Gasteiger partial charge on any atom is 0.408 e. The summed E-state index contributed by atoms with van der Waals surface area (Å²) in [6.45, 7) is 16.7. The second-order valence-corrected chi connectivity index (χ2v) is 14.4. The van der Waals surface area contributed by atoms with Crippen LogP contribution in [0.4, 0.5) is 4.79 Å². The predicted molar refractivity (Wildman–Crippen MR) is 189 cm³/mol. The van der Waals surface area contributed by atoms with Crippen molar-refractivity contribution in [2.24, 2.45) is 0 Å². The lowest BCUT2D eigenvalue weighted by molar-refractivity contribution is -0.159. The lowest BCUT2D eigenvalue weighted by atomic mass is 9.95. The third-order valence-electron chi connectivity index (χ3n) is 7.29. The van der Waals surface area contributed by atoms with E-state index in [2.05, 4.69) is 30.2 Å². The third kappa shape index (κ3) is 13.6. The van der Waals surface area contributed by atoms with Gasteiger partial charge in [-0.15, -0.1) is 0 Å². The van der Waals surface area contributed by atoms with Crippen LogP contribution < -0.4 is 10.6 Å². The fourth-order valence-corrected chi connectivity index (χ4v) is 5.33. The van der Waals surface area contributed by atoms with Gasteiger partial charge in [0.15, 0.2) is 0 Å². The molecule has 9 nitrogen and oxygen atoms in total. The largest absolute Gasteiger partial charge is 0.458 e. The minimum atomic E-state index is -1.10. The van der Waals surface area contributed by atoms with Gasteiger partial charge in [0.25, 0.3) is 0 Å². The molecular formula is C37H55N3O6S. The maximum absolute atomic E-state index is 14.6. The van der Waals surface area contributed by atoms with Gasteiger partial charge in [0.05, 0.1) is 0 Å². The first kappa shape index (κ1) is 39.6. The molecule has 2 N–H and O–H groups in total. The smallest absolute Gasteiger partial charge is 0.408 e. The molecule has 10 heteroatoms. The van der Waals surface area contributed by atoms with E-state index in [9.17, 15) is 19.2 Å². The fraction of sp³-hybridized carbons (Fsp3) is 0.568. The van der Waals surface area contributed by atoms with Gasteiger partial charge in [-0.1, -0.05) is 80.3 Å². The number of aryl methyl sites for hydroxylation is 2. The minimum absolute atomic E-state index is 0.0147. The summed E-state index contributed by atoms with van der Waals surface area (Å²) in [6, 6.07) is 11.9. The Hall–Kier alpha value is -3.53. The Morgan fingerprint density at radius 2 is 1.47 bits per heavy atom. The molecule has 0 aliphatic heterocycles. The highest BCUT2D eigenvalue weighted by atomic mass is 32.1. The van der Waals surface area contributed by atoms with E-state index in [0.717, 1.165) is 36.0 Å². The number of unbranched alkanes of at least 4 members (excludes halogenated alkanes) is 3. The number of nitrogens with zero attached hydrogens (tertiary/aromatic N) is 1. The highest BCUT2D eigenvalue weighted by Crippen LogP contribution is 2.28. The van der Waals surface area contributed by atoms with Crippen molar-refractivity contribution in [3.8, 4) is 0 Å². The number of ether oxygens (including phenoxy) is 2. The van der Waals surface area contributed by atoms with Crippen LogP contribution in [0, 0.1) is 13.8 Å². The monoisotopic (exact) mass is 669 g/mol. The summed E-state index contributed by atoms with van der Waals surface area (Å²) < 4.78 is 11.2. The number of rotatable bonds is 15. The Morgan fingerprint density at radius 1 is 0.830 bits per heavy atom. The first-order chi connectivity index (χ1) is 22.0. The molecule has 2 aromatic carbocycles. The summed E-state index contributed by atoms with van der Waals surface area (Å²) in [7, 11) is 0. The van der Waals surface area contributed by atoms with E-state index in [0.29, 0.717) is 12.0 Å². The molecule has 0 fully saturated rings. The third-order valence-corrected chi connectivity index (χ3v) is 7.65. The van der Waals surface area contributed by atoms with E-state index in [1.165, 1.54) is 4.90 Å². The molecule has 0 aliphatic carbocycles. The molecule has 0 saturated heterocycles. The standard InChI is InChI=1S/C37H55N3O6S/c1-10-11-12-16-21-40(33(42)30(24-47)39-35(44)46-37(7,8)9)31(28-22-25(2)19-20-26(28)3)32(41)38-29(34(43)45-36(4,5)6)23-27-17-14-13-15-18-27/h13-15,17-20,22,29-31,47H,10-12,16,21,23-24H2,1-9H3,(H,38,41)(H,39,44). The number of hydrogen-bond donors (Lipinski definition) is 3.